The predicted octanol–water partition coefficient (Wildman–Crippen LogP) is 3.89. The maximum absolute atomic E-state index is 13.0. The first-order chi connectivity index (χ1) is 10.4. The summed E-state index contributed by atoms with van der Waals surface area (Å²) in [6, 6.07) is 16.7. The van der Waals surface area contributed by atoms with E-state index in [0.29, 0.717) is 10.2 Å². The highest BCUT2D eigenvalue weighted by Crippen LogP contribution is 2.57. The second-order valence-corrected chi connectivity index (χ2v) is 8.29. The van der Waals surface area contributed by atoms with Crippen LogP contribution in [0.2, 0.25) is 0 Å². The highest BCUT2D eigenvalue weighted by molar-refractivity contribution is 9.09. The van der Waals surface area contributed by atoms with Crippen molar-refractivity contribution >= 4 is 26.0 Å². The van der Waals surface area contributed by atoms with Gasteiger partial charge < -0.3 is 0 Å². The molecule has 2 aromatic rings. The van der Waals surface area contributed by atoms with E-state index >= 15 is 0 Å². The number of benzene rings is 2. The lowest BCUT2D eigenvalue weighted by atomic mass is 10.0. The molecule has 1 fully saturated rings. The number of alkyl halides is 1. The first-order valence-corrected chi connectivity index (χ1v) is 9.69. The largest absolute Gasteiger partial charge is 0.244 e. The zero-order chi connectivity index (χ0) is 16.0. The molecule has 1 heterocycles. The maximum Gasteiger partial charge on any atom is 0.244 e. The molecule has 116 valence electrons. The van der Waals surface area contributed by atoms with Gasteiger partial charge in [0, 0.05) is 5.33 Å². The summed E-state index contributed by atoms with van der Waals surface area (Å²) in [4.78, 5) is 0.351. The van der Waals surface area contributed by atoms with Crippen molar-refractivity contribution in [3.8, 4) is 0 Å². The van der Waals surface area contributed by atoms with E-state index in [9.17, 15) is 8.42 Å². The van der Waals surface area contributed by atoms with Crippen LogP contribution in [0.1, 0.15) is 24.1 Å². The van der Waals surface area contributed by atoms with Crippen LogP contribution in [-0.4, -0.2) is 23.6 Å². The Labute approximate surface area is 140 Å². The molecule has 1 aliphatic rings. The zero-order valence-corrected chi connectivity index (χ0v) is 14.9. The molecule has 0 amide bonds. The smallest absolute Gasteiger partial charge is 0.207 e. The summed E-state index contributed by atoms with van der Waals surface area (Å²) in [6.07, 6.45) is 0. The Kier molecular flexibility index (Phi) is 3.91. The average Bonchev–Trinajstić information content (AvgIpc) is 3.16. The zero-order valence-electron chi connectivity index (χ0n) is 12.5. The van der Waals surface area contributed by atoms with Gasteiger partial charge in [0.05, 0.1) is 16.5 Å². The van der Waals surface area contributed by atoms with Crippen molar-refractivity contribution in [3.63, 3.8) is 0 Å². The number of nitrogens with zero attached hydrogens (tertiary/aromatic N) is 1. The molecule has 22 heavy (non-hydrogen) atoms. The quantitative estimate of drug-likeness (QED) is 0.596. The summed E-state index contributed by atoms with van der Waals surface area (Å²) >= 11 is 3.48. The number of hydrogen-bond donors (Lipinski definition) is 0. The van der Waals surface area contributed by atoms with Gasteiger partial charge in [0.2, 0.25) is 10.0 Å². The first-order valence-electron chi connectivity index (χ1n) is 7.13. The third-order valence-electron chi connectivity index (χ3n) is 4.22. The number of halogens is 1. The summed E-state index contributed by atoms with van der Waals surface area (Å²) in [7, 11) is -3.50. The van der Waals surface area contributed by atoms with Gasteiger partial charge in [-0.1, -0.05) is 64.0 Å². The van der Waals surface area contributed by atoms with Crippen LogP contribution in [0.5, 0.6) is 0 Å². The molecule has 0 spiro atoms. The van der Waals surface area contributed by atoms with E-state index in [1.54, 1.807) is 16.4 Å². The Bertz CT molecular complexity index is 774. The number of aryl methyl sites for hydroxylation is 1. The van der Waals surface area contributed by atoms with Crippen molar-refractivity contribution in [3.05, 3.63) is 65.7 Å². The molecule has 3 rings (SSSR count). The van der Waals surface area contributed by atoms with Gasteiger partial charge in [-0.25, -0.2) is 8.42 Å². The third-order valence-corrected chi connectivity index (χ3v) is 7.37. The molecule has 0 radical (unpaired) electrons. The topological polar surface area (TPSA) is 37.1 Å². The van der Waals surface area contributed by atoms with Gasteiger partial charge in [-0.15, -0.1) is 0 Å². The van der Waals surface area contributed by atoms with Gasteiger partial charge in [-0.2, -0.15) is 4.31 Å². The second kappa shape index (κ2) is 5.48. The summed E-state index contributed by atoms with van der Waals surface area (Å²) in [5.41, 5.74) is 1.65. The number of sulfonamides is 1. The van der Waals surface area contributed by atoms with E-state index < -0.39 is 15.6 Å². The molecular formula is C17H18BrNO2S. The SMILES string of the molecule is Cc1ccc(S(=O)(=O)N2[C@@H](c3ccccc3)[C@@]2(C)CBr)cc1. The summed E-state index contributed by atoms with van der Waals surface area (Å²) in [6.45, 7) is 3.92. The predicted molar refractivity (Wildman–Crippen MR) is 91.6 cm³/mol. The van der Waals surface area contributed by atoms with Gasteiger partial charge in [-0.05, 0) is 31.5 Å². The van der Waals surface area contributed by atoms with Gasteiger partial charge >= 0.3 is 0 Å². The fraction of sp³-hybridized carbons (Fsp3) is 0.294. The van der Waals surface area contributed by atoms with Gasteiger partial charge in [-0.3, -0.25) is 0 Å². The minimum Gasteiger partial charge on any atom is -0.207 e. The monoisotopic (exact) mass is 379 g/mol. The molecule has 0 N–H and O–H groups in total. The molecule has 5 heteroatoms. The Morgan fingerprint density at radius 2 is 1.68 bits per heavy atom. The first kappa shape index (κ1) is 15.7. The van der Waals surface area contributed by atoms with Crippen LogP contribution in [0.3, 0.4) is 0 Å². The van der Waals surface area contributed by atoms with Crippen molar-refractivity contribution in [2.75, 3.05) is 5.33 Å². The van der Waals surface area contributed by atoms with E-state index in [-0.39, 0.29) is 6.04 Å². The maximum atomic E-state index is 13.0. The van der Waals surface area contributed by atoms with E-state index in [1.807, 2.05) is 56.3 Å². The van der Waals surface area contributed by atoms with Crippen molar-refractivity contribution in [1.29, 1.82) is 0 Å². The molecule has 0 saturated carbocycles. The van der Waals surface area contributed by atoms with Crippen LogP contribution in [0.4, 0.5) is 0 Å². The Morgan fingerprint density at radius 3 is 2.23 bits per heavy atom. The minimum absolute atomic E-state index is 0.126. The lowest BCUT2D eigenvalue weighted by molar-refractivity contribution is 0.530. The molecule has 1 saturated heterocycles. The molecule has 0 aromatic heterocycles. The molecular weight excluding hydrogens is 362 g/mol. The summed E-state index contributed by atoms with van der Waals surface area (Å²) in [5.74, 6) is 0. The van der Waals surface area contributed by atoms with Crippen LogP contribution < -0.4 is 0 Å². The highest BCUT2D eigenvalue weighted by atomic mass is 79.9. The number of rotatable bonds is 4. The van der Waals surface area contributed by atoms with Crippen LogP contribution in [0.25, 0.3) is 0 Å². The third kappa shape index (κ3) is 2.41. The molecule has 3 nitrogen and oxygen atoms in total. The van der Waals surface area contributed by atoms with E-state index in [2.05, 4.69) is 15.9 Å². The minimum atomic E-state index is -3.50. The van der Waals surface area contributed by atoms with Crippen LogP contribution in [0.15, 0.2) is 59.5 Å². The Hall–Kier alpha value is -1.17. The Morgan fingerprint density at radius 1 is 1.09 bits per heavy atom. The summed E-state index contributed by atoms with van der Waals surface area (Å²) < 4.78 is 27.5. The molecule has 1 aliphatic heterocycles. The molecule has 2 aromatic carbocycles. The van der Waals surface area contributed by atoms with Crippen molar-refractivity contribution < 1.29 is 8.42 Å². The van der Waals surface area contributed by atoms with Crippen LogP contribution in [-0.2, 0) is 10.0 Å². The lowest BCUT2D eigenvalue weighted by Gasteiger charge is -2.10. The van der Waals surface area contributed by atoms with Crippen LogP contribution >= 0.6 is 15.9 Å². The van der Waals surface area contributed by atoms with Gasteiger partial charge in [0.1, 0.15) is 0 Å². The van der Waals surface area contributed by atoms with E-state index in [4.69, 9.17) is 0 Å². The van der Waals surface area contributed by atoms with Crippen molar-refractivity contribution in [1.82, 2.24) is 4.31 Å². The molecule has 3 atom stereocenters. The van der Waals surface area contributed by atoms with Crippen molar-refractivity contribution in [2.24, 2.45) is 0 Å². The molecule has 0 aliphatic carbocycles. The fourth-order valence-electron chi connectivity index (χ4n) is 2.90. The normalized spacial score (nSPS) is 27.6. The average molecular weight is 380 g/mol. The van der Waals surface area contributed by atoms with E-state index in [1.165, 1.54) is 0 Å². The standard InChI is InChI=1S/C17H18BrNO2S/c1-13-8-10-15(11-9-13)22(20,21)19-16(17(19,2)12-18)14-6-4-3-5-7-14/h3-11,16H,12H2,1-2H3/t16-,17+,19?/m0/s1. The number of hydrogen-bond acceptors (Lipinski definition) is 2. The second-order valence-electron chi connectivity index (χ2n) is 5.92. The lowest BCUT2D eigenvalue weighted by Crippen LogP contribution is -2.22. The van der Waals surface area contributed by atoms with E-state index in [0.717, 1.165) is 11.1 Å². The fourth-order valence-corrected chi connectivity index (χ4v) is 5.64. The Balaban J connectivity index is 2.01. The molecule has 1 unspecified atom stereocenters. The summed E-state index contributed by atoms with van der Waals surface area (Å²) in [5, 5.41) is 0.602. The van der Waals surface area contributed by atoms with Gasteiger partial charge in [0.25, 0.3) is 0 Å². The highest BCUT2D eigenvalue weighted by Gasteiger charge is 2.65. The van der Waals surface area contributed by atoms with Crippen molar-refractivity contribution in [2.45, 2.75) is 30.3 Å². The molecule has 0 bridgehead atoms. The van der Waals surface area contributed by atoms with Gasteiger partial charge in [0.15, 0.2) is 0 Å². The van der Waals surface area contributed by atoms with Crippen LogP contribution in [0, 0.1) is 6.92 Å².